The van der Waals surface area contributed by atoms with Crippen molar-refractivity contribution in [1.82, 2.24) is 9.97 Å². The number of halogens is 1. The van der Waals surface area contributed by atoms with E-state index in [2.05, 4.69) is 66.0 Å². The lowest BCUT2D eigenvalue weighted by molar-refractivity contribution is 0.939. The Morgan fingerprint density at radius 2 is 1.90 bits per heavy atom. The highest BCUT2D eigenvalue weighted by molar-refractivity contribution is 14.1. The van der Waals surface area contributed by atoms with E-state index in [0.717, 1.165) is 30.2 Å². The molecule has 0 amide bonds. The number of hydrogen-bond donors (Lipinski definition) is 1. The van der Waals surface area contributed by atoms with E-state index in [1.54, 1.807) is 0 Å². The first-order valence-electron chi connectivity index (χ1n) is 7.57. The van der Waals surface area contributed by atoms with Crippen molar-refractivity contribution >= 4 is 28.4 Å². The largest absolute Gasteiger partial charge is 0.369 e. The minimum atomic E-state index is 0.631. The Balaban J connectivity index is 2.03. The second-order valence-corrected chi connectivity index (χ2v) is 6.74. The van der Waals surface area contributed by atoms with Crippen molar-refractivity contribution in [2.24, 2.45) is 0 Å². The van der Waals surface area contributed by atoms with E-state index in [1.807, 2.05) is 0 Å². The molecule has 110 valence electrons. The lowest BCUT2D eigenvalue weighted by Gasteiger charge is -2.12. The van der Waals surface area contributed by atoms with Crippen LogP contribution in [0.1, 0.15) is 43.4 Å². The van der Waals surface area contributed by atoms with Gasteiger partial charge in [-0.1, -0.05) is 36.8 Å². The molecule has 1 aromatic heterocycles. The molecule has 3 rings (SSSR count). The number of nitrogens with zero attached hydrogens (tertiary/aromatic N) is 2. The molecule has 21 heavy (non-hydrogen) atoms. The van der Waals surface area contributed by atoms with Gasteiger partial charge in [-0.25, -0.2) is 9.97 Å². The molecule has 0 spiro atoms. The molecule has 0 radical (unpaired) electrons. The van der Waals surface area contributed by atoms with E-state index < -0.39 is 0 Å². The van der Waals surface area contributed by atoms with Gasteiger partial charge in [-0.05, 0) is 48.8 Å². The summed E-state index contributed by atoms with van der Waals surface area (Å²) >= 11 is 2.39. The minimum Gasteiger partial charge on any atom is -0.369 e. The zero-order chi connectivity index (χ0) is 14.8. The first kappa shape index (κ1) is 14.8. The van der Waals surface area contributed by atoms with Crippen LogP contribution < -0.4 is 5.32 Å². The van der Waals surface area contributed by atoms with Gasteiger partial charge in [-0.15, -0.1) is 0 Å². The molecule has 2 aromatic rings. The number of rotatable bonds is 5. The van der Waals surface area contributed by atoms with Gasteiger partial charge in [0.15, 0.2) is 5.82 Å². The van der Waals surface area contributed by atoms with Crippen molar-refractivity contribution < 1.29 is 0 Å². The maximum Gasteiger partial charge on any atom is 0.161 e. The number of benzene rings is 1. The maximum absolute atomic E-state index is 4.84. The Kier molecular flexibility index (Phi) is 4.42. The zero-order valence-electron chi connectivity index (χ0n) is 12.5. The highest BCUT2D eigenvalue weighted by Crippen LogP contribution is 2.42. The molecule has 0 aliphatic heterocycles. The average molecular weight is 393 g/mol. The van der Waals surface area contributed by atoms with E-state index in [9.17, 15) is 0 Å². The summed E-state index contributed by atoms with van der Waals surface area (Å²) in [4.78, 5) is 9.60. The summed E-state index contributed by atoms with van der Waals surface area (Å²) in [6, 6.07) is 8.45. The zero-order valence-corrected chi connectivity index (χ0v) is 14.6. The smallest absolute Gasteiger partial charge is 0.161 e. The van der Waals surface area contributed by atoms with Gasteiger partial charge >= 0.3 is 0 Å². The van der Waals surface area contributed by atoms with E-state index in [1.165, 1.54) is 27.7 Å². The van der Waals surface area contributed by atoms with Crippen LogP contribution in [0.15, 0.2) is 24.3 Å². The molecule has 3 nitrogen and oxygen atoms in total. The quantitative estimate of drug-likeness (QED) is 0.745. The van der Waals surface area contributed by atoms with Crippen molar-refractivity contribution in [3.05, 3.63) is 39.1 Å². The molecule has 1 aliphatic carbocycles. The predicted molar refractivity (Wildman–Crippen MR) is 95.7 cm³/mol. The standard InChI is InChI=1S/C17H20IN3/c1-3-10-19-17-14(18)15(12-8-9-12)20-16(21-17)13-6-4-11(2)5-7-13/h4-7,12H,3,8-10H2,1-2H3,(H,19,20,21). The van der Waals surface area contributed by atoms with E-state index in [0.29, 0.717) is 5.92 Å². The highest BCUT2D eigenvalue weighted by atomic mass is 127. The molecule has 0 saturated heterocycles. The van der Waals surface area contributed by atoms with Crippen molar-refractivity contribution in [3.63, 3.8) is 0 Å². The van der Waals surface area contributed by atoms with E-state index in [-0.39, 0.29) is 0 Å². The Morgan fingerprint density at radius 3 is 2.52 bits per heavy atom. The third kappa shape index (κ3) is 3.36. The van der Waals surface area contributed by atoms with Crippen LogP contribution in [0.5, 0.6) is 0 Å². The van der Waals surface area contributed by atoms with Gasteiger partial charge in [0.2, 0.25) is 0 Å². The summed E-state index contributed by atoms with van der Waals surface area (Å²) in [5.74, 6) is 2.46. The second kappa shape index (κ2) is 6.30. The normalized spacial score (nSPS) is 14.2. The van der Waals surface area contributed by atoms with Crippen LogP contribution >= 0.6 is 22.6 Å². The molecule has 1 heterocycles. The Labute approximate surface area is 139 Å². The number of anilines is 1. The minimum absolute atomic E-state index is 0.631. The lowest BCUT2D eigenvalue weighted by Crippen LogP contribution is -2.08. The Bertz CT molecular complexity index is 633. The number of aromatic nitrogens is 2. The first-order chi connectivity index (χ1) is 10.2. The van der Waals surface area contributed by atoms with Crippen molar-refractivity contribution in [2.45, 2.75) is 39.0 Å². The first-order valence-corrected chi connectivity index (χ1v) is 8.65. The third-order valence-corrected chi connectivity index (χ3v) is 4.76. The molecular weight excluding hydrogens is 373 g/mol. The summed E-state index contributed by atoms with van der Waals surface area (Å²) in [5.41, 5.74) is 3.58. The van der Waals surface area contributed by atoms with Gasteiger partial charge < -0.3 is 5.32 Å². The molecule has 1 aliphatic rings. The summed E-state index contributed by atoms with van der Waals surface area (Å²) in [6.45, 7) is 5.22. The fourth-order valence-corrected chi connectivity index (χ4v) is 3.16. The number of nitrogens with one attached hydrogen (secondary N) is 1. The molecule has 1 aromatic carbocycles. The molecule has 1 saturated carbocycles. The lowest BCUT2D eigenvalue weighted by atomic mass is 10.1. The van der Waals surface area contributed by atoms with Crippen LogP contribution in [0.4, 0.5) is 5.82 Å². The third-order valence-electron chi connectivity index (χ3n) is 3.69. The summed E-state index contributed by atoms with van der Waals surface area (Å²) < 4.78 is 1.19. The van der Waals surface area contributed by atoms with Gasteiger partial charge in [-0.3, -0.25) is 0 Å². The van der Waals surface area contributed by atoms with Crippen molar-refractivity contribution in [1.29, 1.82) is 0 Å². The average Bonchev–Trinajstić information content (AvgIpc) is 3.32. The topological polar surface area (TPSA) is 37.8 Å². The van der Waals surface area contributed by atoms with Crippen LogP contribution in [-0.4, -0.2) is 16.5 Å². The van der Waals surface area contributed by atoms with Gasteiger partial charge in [0.25, 0.3) is 0 Å². The molecule has 1 fully saturated rings. The van der Waals surface area contributed by atoms with Crippen LogP contribution in [0.25, 0.3) is 11.4 Å². The van der Waals surface area contributed by atoms with Crippen molar-refractivity contribution in [3.8, 4) is 11.4 Å². The number of hydrogen-bond acceptors (Lipinski definition) is 3. The van der Waals surface area contributed by atoms with E-state index in [4.69, 9.17) is 9.97 Å². The summed E-state index contributed by atoms with van der Waals surface area (Å²) in [7, 11) is 0. The van der Waals surface area contributed by atoms with Crippen LogP contribution in [-0.2, 0) is 0 Å². The van der Waals surface area contributed by atoms with E-state index >= 15 is 0 Å². The SMILES string of the molecule is CCCNc1nc(-c2ccc(C)cc2)nc(C2CC2)c1I. The Hall–Kier alpha value is -1.17. The summed E-state index contributed by atoms with van der Waals surface area (Å²) in [5, 5.41) is 3.45. The molecule has 4 heteroatoms. The molecule has 0 unspecified atom stereocenters. The molecule has 1 N–H and O–H groups in total. The fraction of sp³-hybridized carbons (Fsp3) is 0.412. The second-order valence-electron chi connectivity index (χ2n) is 5.66. The van der Waals surface area contributed by atoms with Crippen LogP contribution in [0.3, 0.4) is 0 Å². The van der Waals surface area contributed by atoms with Gasteiger partial charge in [0.1, 0.15) is 5.82 Å². The Morgan fingerprint density at radius 1 is 1.19 bits per heavy atom. The maximum atomic E-state index is 4.84. The molecular formula is C17H20IN3. The highest BCUT2D eigenvalue weighted by Gasteiger charge is 2.29. The van der Waals surface area contributed by atoms with Crippen molar-refractivity contribution in [2.75, 3.05) is 11.9 Å². The fourth-order valence-electron chi connectivity index (χ4n) is 2.28. The van der Waals surface area contributed by atoms with Gasteiger partial charge in [-0.2, -0.15) is 0 Å². The monoisotopic (exact) mass is 393 g/mol. The molecule has 0 atom stereocenters. The summed E-state index contributed by atoms with van der Waals surface area (Å²) in [6.07, 6.45) is 3.61. The predicted octanol–water partition coefficient (Wildman–Crippen LogP) is 4.76. The number of aryl methyl sites for hydroxylation is 1. The van der Waals surface area contributed by atoms with Crippen LogP contribution in [0.2, 0.25) is 0 Å². The molecule has 0 bridgehead atoms. The van der Waals surface area contributed by atoms with Crippen LogP contribution in [0, 0.1) is 10.5 Å². The van der Waals surface area contributed by atoms with Gasteiger partial charge in [0.05, 0.1) is 9.26 Å². The van der Waals surface area contributed by atoms with Gasteiger partial charge in [0, 0.05) is 18.0 Å².